The van der Waals surface area contributed by atoms with Crippen LogP contribution in [-0.4, -0.2) is 23.2 Å². The number of nitrogens with zero attached hydrogens (tertiary/aromatic N) is 1. The van der Waals surface area contributed by atoms with Gasteiger partial charge in [0.15, 0.2) is 0 Å². The maximum absolute atomic E-state index is 11.1. The van der Waals surface area contributed by atoms with Gasteiger partial charge in [-0.15, -0.1) is 11.3 Å². The molecule has 1 atom stereocenters. The van der Waals surface area contributed by atoms with Gasteiger partial charge in [0, 0.05) is 7.11 Å². The maximum Gasteiger partial charge on any atom is 0.347 e. The normalized spacial score (nSPS) is 13.4. The summed E-state index contributed by atoms with van der Waals surface area (Å²) in [6, 6.07) is 0. The molecule has 4 nitrogen and oxygen atoms in total. The van der Waals surface area contributed by atoms with E-state index in [-0.39, 0.29) is 17.9 Å². The topological polar surface area (TPSA) is 59.4 Å². The van der Waals surface area contributed by atoms with Crippen LogP contribution in [0.4, 0.5) is 0 Å². The molecular formula is C12H19NO3S. The summed E-state index contributed by atoms with van der Waals surface area (Å²) < 4.78 is 5.38. The Hall–Kier alpha value is -0.940. The predicted octanol–water partition coefficient (Wildman–Crippen LogP) is 3.31. The van der Waals surface area contributed by atoms with Gasteiger partial charge >= 0.3 is 5.97 Å². The van der Waals surface area contributed by atoms with Gasteiger partial charge < -0.3 is 9.84 Å². The van der Waals surface area contributed by atoms with Crippen molar-refractivity contribution in [2.45, 2.75) is 39.7 Å². The lowest BCUT2D eigenvalue weighted by atomic mass is 10.1. The zero-order valence-corrected chi connectivity index (χ0v) is 11.7. The monoisotopic (exact) mass is 257 g/mol. The van der Waals surface area contributed by atoms with Crippen molar-refractivity contribution >= 4 is 17.3 Å². The van der Waals surface area contributed by atoms with E-state index in [1.807, 2.05) is 27.7 Å². The lowest BCUT2D eigenvalue weighted by Crippen LogP contribution is -2.08. The van der Waals surface area contributed by atoms with Crippen LogP contribution in [-0.2, 0) is 4.74 Å². The highest BCUT2D eigenvalue weighted by Crippen LogP contribution is 2.33. The van der Waals surface area contributed by atoms with Gasteiger partial charge in [0.05, 0.1) is 5.69 Å². The number of aromatic nitrogens is 1. The van der Waals surface area contributed by atoms with Gasteiger partial charge in [0.25, 0.3) is 0 Å². The molecule has 0 aromatic carbocycles. The van der Waals surface area contributed by atoms with E-state index in [4.69, 9.17) is 9.84 Å². The van der Waals surface area contributed by atoms with Crippen LogP contribution in [0.3, 0.4) is 0 Å². The molecule has 1 heterocycles. The summed E-state index contributed by atoms with van der Waals surface area (Å²) in [5.41, 5.74) is 0.653. The highest BCUT2D eigenvalue weighted by Gasteiger charge is 2.25. The number of thiazole rings is 1. The summed E-state index contributed by atoms with van der Waals surface area (Å²) in [5.74, 6) is -0.528. The second kappa shape index (κ2) is 5.60. The Morgan fingerprint density at radius 2 is 1.94 bits per heavy atom. The second-order valence-corrected chi connectivity index (χ2v) is 5.66. The van der Waals surface area contributed by atoms with Crippen LogP contribution in [0.5, 0.6) is 0 Å². The van der Waals surface area contributed by atoms with Gasteiger partial charge in [-0.25, -0.2) is 9.78 Å². The zero-order valence-electron chi connectivity index (χ0n) is 10.9. The van der Waals surface area contributed by atoms with Crippen LogP contribution in [0, 0.1) is 5.92 Å². The molecular weight excluding hydrogens is 238 g/mol. The SMILES string of the molecule is COC(c1nc(C(C)C)c(C(=O)O)s1)C(C)C. The van der Waals surface area contributed by atoms with E-state index in [1.54, 1.807) is 7.11 Å². The number of carbonyl (C=O) groups is 1. The van der Waals surface area contributed by atoms with Gasteiger partial charge in [-0.3, -0.25) is 0 Å². The lowest BCUT2D eigenvalue weighted by molar-refractivity contribution is 0.0643. The molecule has 0 bridgehead atoms. The summed E-state index contributed by atoms with van der Waals surface area (Å²) in [5, 5.41) is 9.90. The van der Waals surface area contributed by atoms with E-state index >= 15 is 0 Å². The van der Waals surface area contributed by atoms with Crippen molar-refractivity contribution in [3.63, 3.8) is 0 Å². The van der Waals surface area contributed by atoms with Crippen molar-refractivity contribution in [1.29, 1.82) is 0 Å². The number of ether oxygens (including phenoxy) is 1. The fourth-order valence-corrected chi connectivity index (χ4v) is 2.98. The van der Waals surface area contributed by atoms with E-state index < -0.39 is 5.97 Å². The average Bonchev–Trinajstić information content (AvgIpc) is 2.63. The zero-order chi connectivity index (χ0) is 13.2. The first-order chi connectivity index (χ1) is 7.88. The molecule has 0 amide bonds. The molecule has 0 radical (unpaired) electrons. The molecule has 1 N–H and O–H groups in total. The molecule has 0 aliphatic carbocycles. The molecule has 1 unspecified atom stereocenters. The molecule has 17 heavy (non-hydrogen) atoms. The van der Waals surface area contributed by atoms with Crippen molar-refractivity contribution in [1.82, 2.24) is 4.98 Å². The van der Waals surface area contributed by atoms with Gasteiger partial charge in [-0.2, -0.15) is 0 Å². The third kappa shape index (κ3) is 3.04. The Balaban J connectivity index is 3.19. The highest BCUT2D eigenvalue weighted by atomic mass is 32.1. The molecule has 0 aliphatic rings. The Morgan fingerprint density at radius 1 is 1.35 bits per heavy atom. The first-order valence-electron chi connectivity index (χ1n) is 5.65. The van der Waals surface area contributed by atoms with Crippen molar-refractivity contribution in [3.8, 4) is 0 Å². The first-order valence-corrected chi connectivity index (χ1v) is 6.46. The van der Waals surface area contributed by atoms with Crippen LogP contribution in [0.15, 0.2) is 0 Å². The van der Waals surface area contributed by atoms with Gasteiger partial charge in [-0.1, -0.05) is 27.7 Å². The quantitative estimate of drug-likeness (QED) is 0.879. The molecule has 1 rings (SSSR count). The molecule has 1 aromatic rings. The summed E-state index contributed by atoms with van der Waals surface area (Å²) in [6.07, 6.45) is -0.134. The van der Waals surface area contributed by atoms with E-state index in [0.717, 1.165) is 5.01 Å². The van der Waals surface area contributed by atoms with E-state index in [1.165, 1.54) is 11.3 Å². The third-order valence-corrected chi connectivity index (χ3v) is 3.63. The summed E-state index contributed by atoms with van der Waals surface area (Å²) in [6.45, 7) is 7.96. The fraction of sp³-hybridized carbons (Fsp3) is 0.667. The molecule has 0 saturated heterocycles. The standard InChI is InChI=1S/C12H19NO3S/c1-6(2)8-10(12(14)15)17-11(13-8)9(16-5)7(3)4/h6-7,9H,1-5H3,(H,14,15). The lowest BCUT2D eigenvalue weighted by Gasteiger charge is -2.16. The van der Waals surface area contributed by atoms with Crippen LogP contribution in [0.1, 0.15) is 60.1 Å². The van der Waals surface area contributed by atoms with Crippen molar-refractivity contribution < 1.29 is 14.6 Å². The Kier molecular flexibility index (Phi) is 4.65. The average molecular weight is 257 g/mol. The highest BCUT2D eigenvalue weighted by molar-refractivity contribution is 7.13. The first kappa shape index (κ1) is 14.1. The Morgan fingerprint density at radius 3 is 2.24 bits per heavy atom. The molecule has 0 fully saturated rings. The van der Waals surface area contributed by atoms with Crippen LogP contribution in [0.25, 0.3) is 0 Å². The number of carboxylic acids is 1. The number of hydrogen-bond donors (Lipinski definition) is 1. The molecule has 0 aliphatic heterocycles. The number of aromatic carboxylic acids is 1. The molecule has 0 spiro atoms. The number of carboxylic acid groups (broad SMARTS) is 1. The number of hydrogen-bond acceptors (Lipinski definition) is 4. The summed E-state index contributed by atoms with van der Waals surface area (Å²) in [7, 11) is 1.63. The van der Waals surface area contributed by atoms with E-state index in [0.29, 0.717) is 10.6 Å². The second-order valence-electron chi connectivity index (χ2n) is 4.63. The minimum atomic E-state index is -0.906. The third-order valence-electron chi connectivity index (χ3n) is 2.51. The van der Waals surface area contributed by atoms with Crippen molar-refractivity contribution in [3.05, 3.63) is 15.6 Å². The Bertz CT molecular complexity index is 398. The molecule has 1 aromatic heterocycles. The van der Waals surface area contributed by atoms with E-state index in [2.05, 4.69) is 4.98 Å². The predicted molar refractivity (Wildman–Crippen MR) is 67.8 cm³/mol. The molecule has 0 saturated carbocycles. The van der Waals surface area contributed by atoms with Gasteiger partial charge in [0.1, 0.15) is 16.0 Å². The number of rotatable bonds is 5. The Labute approximate surface area is 106 Å². The van der Waals surface area contributed by atoms with Crippen LogP contribution in [0.2, 0.25) is 0 Å². The smallest absolute Gasteiger partial charge is 0.347 e. The van der Waals surface area contributed by atoms with Crippen molar-refractivity contribution in [2.75, 3.05) is 7.11 Å². The fourth-order valence-electron chi connectivity index (χ4n) is 1.67. The van der Waals surface area contributed by atoms with Crippen molar-refractivity contribution in [2.24, 2.45) is 5.92 Å². The summed E-state index contributed by atoms with van der Waals surface area (Å²) >= 11 is 1.22. The number of methoxy groups -OCH3 is 1. The minimum absolute atomic E-state index is 0.107. The minimum Gasteiger partial charge on any atom is -0.477 e. The van der Waals surface area contributed by atoms with Gasteiger partial charge in [-0.05, 0) is 11.8 Å². The molecule has 96 valence electrons. The van der Waals surface area contributed by atoms with Crippen LogP contribution < -0.4 is 0 Å². The largest absolute Gasteiger partial charge is 0.477 e. The van der Waals surface area contributed by atoms with Gasteiger partial charge in [0.2, 0.25) is 0 Å². The maximum atomic E-state index is 11.1. The summed E-state index contributed by atoms with van der Waals surface area (Å²) in [4.78, 5) is 15.9. The van der Waals surface area contributed by atoms with Crippen LogP contribution >= 0.6 is 11.3 Å². The molecule has 5 heteroatoms. The van der Waals surface area contributed by atoms with E-state index in [9.17, 15) is 4.79 Å².